The van der Waals surface area contributed by atoms with Crippen LogP contribution in [0.5, 0.6) is 5.75 Å². The second kappa shape index (κ2) is 7.64. The van der Waals surface area contributed by atoms with Crippen molar-refractivity contribution in [3.63, 3.8) is 0 Å². The molecular weight excluding hydrogens is 306 g/mol. The van der Waals surface area contributed by atoms with E-state index in [-0.39, 0.29) is 18.2 Å². The van der Waals surface area contributed by atoms with Crippen molar-refractivity contribution in [1.29, 1.82) is 0 Å². The van der Waals surface area contributed by atoms with Gasteiger partial charge < -0.3 is 15.2 Å². The average molecular weight is 322 g/mol. The van der Waals surface area contributed by atoms with Crippen LogP contribution < -0.4 is 10.1 Å². The van der Waals surface area contributed by atoms with Crippen molar-refractivity contribution in [2.45, 2.75) is 19.6 Å². The number of pyridine rings is 1. The second-order valence-corrected chi connectivity index (χ2v) is 4.92. The monoisotopic (exact) mass is 322 g/mol. The second-order valence-electron chi connectivity index (χ2n) is 4.92. The Hall–Kier alpha value is -2.54. The minimum atomic E-state index is -2.90. The van der Waals surface area contributed by atoms with E-state index in [2.05, 4.69) is 15.0 Å². The zero-order valence-corrected chi connectivity index (χ0v) is 12.4. The molecule has 1 amide bonds. The normalized spacial score (nSPS) is 12.0. The number of aliphatic hydroxyl groups is 1. The predicted molar refractivity (Wildman–Crippen MR) is 79.3 cm³/mol. The standard InChI is InChI=1S/C16H16F2N2O3/c1-10-6-12(8-19-7-10)15(22)20-9-14(21)11-2-4-13(5-3-11)23-16(17)18/h2-8,14,16,21H,9H2,1H3,(H,20,22). The lowest BCUT2D eigenvalue weighted by Gasteiger charge is -2.13. The maximum Gasteiger partial charge on any atom is 0.387 e. The maximum absolute atomic E-state index is 12.1. The molecule has 1 atom stereocenters. The molecule has 0 aliphatic carbocycles. The van der Waals surface area contributed by atoms with E-state index in [1.807, 2.05) is 6.92 Å². The van der Waals surface area contributed by atoms with Crippen LogP contribution in [0, 0.1) is 6.92 Å². The minimum absolute atomic E-state index is 0.00539. The van der Waals surface area contributed by atoms with Crippen LogP contribution in [-0.2, 0) is 0 Å². The lowest BCUT2D eigenvalue weighted by Crippen LogP contribution is -2.28. The van der Waals surface area contributed by atoms with Crippen molar-refractivity contribution < 1.29 is 23.4 Å². The van der Waals surface area contributed by atoms with Crippen molar-refractivity contribution in [3.8, 4) is 5.75 Å². The van der Waals surface area contributed by atoms with Gasteiger partial charge in [-0.2, -0.15) is 8.78 Å². The van der Waals surface area contributed by atoms with Crippen molar-refractivity contribution >= 4 is 5.91 Å². The van der Waals surface area contributed by atoms with Crippen molar-refractivity contribution in [1.82, 2.24) is 10.3 Å². The molecule has 2 rings (SSSR count). The molecule has 0 aliphatic heterocycles. The van der Waals surface area contributed by atoms with Gasteiger partial charge >= 0.3 is 6.61 Å². The Morgan fingerprint density at radius 1 is 1.30 bits per heavy atom. The van der Waals surface area contributed by atoms with Gasteiger partial charge in [-0.15, -0.1) is 0 Å². The topological polar surface area (TPSA) is 71.5 Å². The van der Waals surface area contributed by atoms with Gasteiger partial charge in [0, 0.05) is 18.9 Å². The van der Waals surface area contributed by atoms with E-state index in [1.165, 1.54) is 30.5 Å². The third kappa shape index (κ3) is 5.00. The minimum Gasteiger partial charge on any atom is -0.435 e. The first-order valence-electron chi connectivity index (χ1n) is 6.88. The van der Waals surface area contributed by atoms with Crippen LogP contribution in [0.4, 0.5) is 8.78 Å². The van der Waals surface area contributed by atoms with E-state index in [9.17, 15) is 18.7 Å². The molecule has 1 aromatic heterocycles. The number of aromatic nitrogens is 1. The van der Waals surface area contributed by atoms with Gasteiger partial charge in [0.15, 0.2) is 0 Å². The number of aliphatic hydroxyl groups excluding tert-OH is 1. The third-order valence-corrected chi connectivity index (χ3v) is 3.08. The Morgan fingerprint density at radius 2 is 2.00 bits per heavy atom. The number of nitrogens with one attached hydrogen (secondary N) is 1. The highest BCUT2D eigenvalue weighted by molar-refractivity contribution is 5.94. The summed E-state index contributed by atoms with van der Waals surface area (Å²) in [6.45, 7) is -1.09. The van der Waals surface area contributed by atoms with E-state index in [4.69, 9.17) is 0 Å². The quantitative estimate of drug-likeness (QED) is 0.857. The van der Waals surface area contributed by atoms with Crippen molar-refractivity contribution in [3.05, 3.63) is 59.4 Å². The molecule has 0 bridgehead atoms. The molecule has 23 heavy (non-hydrogen) atoms. The number of carbonyl (C=O) groups is 1. The predicted octanol–water partition coefficient (Wildman–Crippen LogP) is 2.45. The molecule has 5 nitrogen and oxygen atoms in total. The summed E-state index contributed by atoms with van der Waals surface area (Å²) in [6.07, 6.45) is 2.11. The first-order valence-corrected chi connectivity index (χ1v) is 6.88. The number of amides is 1. The Kier molecular flexibility index (Phi) is 5.59. The number of hydrogen-bond acceptors (Lipinski definition) is 4. The Balaban J connectivity index is 1.91. The molecule has 1 aromatic carbocycles. The summed E-state index contributed by atoms with van der Waals surface area (Å²) in [5.41, 5.74) is 1.74. The van der Waals surface area contributed by atoms with Gasteiger partial charge in [0.25, 0.3) is 5.91 Å². The number of benzene rings is 1. The van der Waals surface area contributed by atoms with Crippen molar-refractivity contribution in [2.24, 2.45) is 0 Å². The smallest absolute Gasteiger partial charge is 0.387 e. The van der Waals surface area contributed by atoms with Gasteiger partial charge in [-0.3, -0.25) is 9.78 Å². The third-order valence-electron chi connectivity index (χ3n) is 3.08. The molecule has 0 spiro atoms. The highest BCUT2D eigenvalue weighted by atomic mass is 19.3. The first kappa shape index (κ1) is 16.8. The lowest BCUT2D eigenvalue weighted by atomic mass is 10.1. The number of alkyl halides is 2. The number of nitrogens with zero attached hydrogens (tertiary/aromatic N) is 1. The van der Waals surface area contributed by atoms with Gasteiger partial charge in [0.1, 0.15) is 5.75 Å². The fraction of sp³-hybridized carbons (Fsp3) is 0.250. The number of rotatable bonds is 6. The summed E-state index contributed by atoms with van der Waals surface area (Å²) in [5, 5.41) is 12.6. The molecule has 2 N–H and O–H groups in total. The van der Waals surface area contributed by atoms with E-state index in [1.54, 1.807) is 12.3 Å². The SMILES string of the molecule is Cc1cncc(C(=O)NCC(O)c2ccc(OC(F)F)cc2)c1. The van der Waals surface area contributed by atoms with Crippen molar-refractivity contribution in [2.75, 3.05) is 6.54 Å². The summed E-state index contributed by atoms with van der Waals surface area (Å²) in [7, 11) is 0. The molecule has 1 heterocycles. The van der Waals surface area contributed by atoms with E-state index in [0.717, 1.165) is 5.56 Å². The van der Waals surface area contributed by atoms with E-state index >= 15 is 0 Å². The van der Waals surface area contributed by atoms with Crippen LogP contribution in [0.2, 0.25) is 0 Å². The van der Waals surface area contributed by atoms with Gasteiger partial charge in [0.2, 0.25) is 0 Å². The van der Waals surface area contributed by atoms with Gasteiger partial charge in [-0.1, -0.05) is 12.1 Å². The number of hydrogen-bond donors (Lipinski definition) is 2. The van der Waals surface area contributed by atoms with Crippen LogP contribution in [-0.4, -0.2) is 29.2 Å². The maximum atomic E-state index is 12.1. The Bertz CT molecular complexity index is 663. The zero-order chi connectivity index (χ0) is 16.8. The van der Waals surface area contributed by atoms with Gasteiger partial charge in [-0.05, 0) is 36.2 Å². The lowest BCUT2D eigenvalue weighted by molar-refractivity contribution is -0.0498. The number of halogens is 2. The molecule has 0 saturated carbocycles. The van der Waals surface area contributed by atoms with Crippen LogP contribution in [0.3, 0.4) is 0 Å². The molecule has 2 aromatic rings. The van der Waals surface area contributed by atoms with Crippen LogP contribution in [0.25, 0.3) is 0 Å². The van der Waals surface area contributed by atoms with Crippen LogP contribution in [0.15, 0.2) is 42.7 Å². The molecule has 0 aliphatic rings. The zero-order valence-electron chi connectivity index (χ0n) is 12.4. The summed E-state index contributed by atoms with van der Waals surface area (Å²) in [5.74, 6) is -0.344. The molecular formula is C16H16F2N2O3. The van der Waals surface area contributed by atoms with Crippen LogP contribution in [0.1, 0.15) is 27.6 Å². The van der Waals surface area contributed by atoms with E-state index < -0.39 is 12.7 Å². The number of aryl methyl sites for hydroxylation is 1. The molecule has 0 saturated heterocycles. The first-order chi connectivity index (χ1) is 11.0. The fourth-order valence-corrected chi connectivity index (χ4v) is 1.96. The summed E-state index contributed by atoms with van der Waals surface area (Å²) < 4.78 is 28.3. The number of ether oxygens (including phenoxy) is 1. The Labute approximate surface area is 131 Å². The highest BCUT2D eigenvalue weighted by Crippen LogP contribution is 2.19. The molecule has 0 fully saturated rings. The molecule has 0 radical (unpaired) electrons. The molecule has 7 heteroatoms. The molecule has 1 unspecified atom stereocenters. The fourth-order valence-electron chi connectivity index (χ4n) is 1.96. The van der Waals surface area contributed by atoms with Crippen LogP contribution >= 0.6 is 0 Å². The number of carbonyl (C=O) groups excluding carboxylic acids is 1. The van der Waals surface area contributed by atoms with Gasteiger partial charge in [0.05, 0.1) is 11.7 Å². The highest BCUT2D eigenvalue weighted by Gasteiger charge is 2.12. The molecule has 122 valence electrons. The Morgan fingerprint density at radius 3 is 2.61 bits per heavy atom. The summed E-state index contributed by atoms with van der Waals surface area (Å²) in [4.78, 5) is 15.9. The van der Waals surface area contributed by atoms with Gasteiger partial charge in [-0.25, -0.2) is 0 Å². The summed E-state index contributed by atoms with van der Waals surface area (Å²) >= 11 is 0. The largest absolute Gasteiger partial charge is 0.435 e. The summed E-state index contributed by atoms with van der Waals surface area (Å²) in [6, 6.07) is 7.27. The average Bonchev–Trinajstić information content (AvgIpc) is 2.52. The van der Waals surface area contributed by atoms with E-state index in [0.29, 0.717) is 11.1 Å².